The maximum atomic E-state index is 11.6. The number of hydrogen-bond donors (Lipinski definition) is 1. The first kappa shape index (κ1) is 9.14. The summed E-state index contributed by atoms with van der Waals surface area (Å²) in [6.07, 6.45) is 0.166. The summed E-state index contributed by atoms with van der Waals surface area (Å²) in [5.41, 5.74) is 0. The number of amides is 1. The van der Waals surface area contributed by atoms with E-state index < -0.39 is 0 Å². The minimum atomic E-state index is -0.136. The number of likely N-dealkylation sites (tertiary alicyclic amines) is 1. The number of methoxy groups -OCH3 is 1. The molecule has 0 saturated carbocycles. The molecule has 0 aromatic carbocycles. The summed E-state index contributed by atoms with van der Waals surface area (Å²) < 4.78 is 5.07. The van der Waals surface area contributed by atoms with Crippen LogP contribution in [0.25, 0.3) is 0 Å². The molecule has 6 heteroatoms. The molecule has 2 rings (SSSR count). The largest absolute Gasteiger partial charge is 0.378 e. The molecule has 1 saturated heterocycles. The van der Waals surface area contributed by atoms with Crippen molar-refractivity contribution in [2.45, 2.75) is 13.0 Å². The predicted octanol–water partition coefficient (Wildman–Crippen LogP) is -0.416. The van der Waals surface area contributed by atoms with Crippen molar-refractivity contribution in [3.8, 4) is 0 Å². The van der Waals surface area contributed by atoms with E-state index in [2.05, 4.69) is 15.2 Å². The molecule has 0 radical (unpaired) electrons. The van der Waals surface area contributed by atoms with E-state index in [4.69, 9.17) is 4.74 Å². The Kier molecular flexibility index (Phi) is 2.20. The number of nitrogens with zero attached hydrogens (tertiary/aromatic N) is 3. The predicted molar refractivity (Wildman–Crippen MR) is 47.8 cm³/mol. The highest BCUT2D eigenvalue weighted by atomic mass is 16.5. The van der Waals surface area contributed by atoms with Crippen LogP contribution in [-0.2, 0) is 4.74 Å². The summed E-state index contributed by atoms with van der Waals surface area (Å²) in [5.74, 6) is 0.747. The molecule has 2 heterocycles. The second-order valence-electron chi connectivity index (χ2n) is 3.31. The second kappa shape index (κ2) is 3.38. The van der Waals surface area contributed by atoms with Crippen LogP contribution >= 0.6 is 0 Å². The maximum Gasteiger partial charge on any atom is 0.293 e. The molecule has 0 bridgehead atoms. The standard InChI is InChI=1S/C8H12N4O2/c1-5-9-7(11-10-5)8(13)12-3-6(4-12)14-2/h6H,3-4H2,1-2H3,(H,9,10,11). The highest BCUT2D eigenvalue weighted by molar-refractivity contribution is 5.91. The Bertz CT molecular complexity index is 343. The highest BCUT2D eigenvalue weighted by Gasteiger charge is 2.32. The van der Waals surface area contributed by atoms with Crippen molar-refractivity contribution >= 4 is 5.91 Å². The minimum absolute atomic E-state index is 0.136. The Morgan fingerprint density at radius 1 is 1.64 bits per heavy atom. The Hall–Kier alpha value is -1.43. The van der Waals surface area contributed by atoms with Crippen LogP contribution in [0, 0.1) is 6.92 Å². The summed E-state index contributed by atoms with van der Waals surface area (Å²) in [7, 11) is 1.64. The molecule has 1 aromatic rings. The first-order valence-electron chi connectivity index (χ1n) is 4.42. The summed E-state index contributed by atoms with van der Waals surface area (Å²) in [5, 5.41) is 6.44. The van der Waals surface area contributed by atoms with E-state index in [0.29, 0.717) is 18.9 Å². The summed E-state index contributed by atoms with van der Waals surface area (Å²) in [4.78, 5) is 17.3. The lowest BCUT2D eigenvalue weighted by atomic mass is 10.1. The highest BCUT2D eigenvalue weighted by Crippen LogP contribution is 2.13. The average Bonchev–Trinajstić information content (AvgIpc) is 2.49. The van der Waals surface area contributed by atoms with Gasteiger partial charge in [-0.3, -0.25) is 9.89 Å². The van der Waals surface area contributed by atoms with E-state index in [9.17, 15) is 4.79 Å². The molecule has 14 heavy (non-hydrogen) atoms. The lowest BCUT2D eigenvalue weighted by Gasteiger charge is -2.37. The third-order valence-electron chi connectivity index (χ3n) is 2.26. The number of ether oxygens (including phenoxy) is 1. The Labute approximate surface area is 81.3 Å². The van der Waals surface area contributed by atoms with Crippen LogP contribution in [0.3, 0.4) is 0 Å². The van der Waals surface area contributed by atoms with Gasteiger partial charge in [0.2, 0.25) is 5.82 Å². The van der Waals surface area contributed by atoms with Gasteiger partial charge in [-0.15, -0.1) is 5.10 Å². The fourth-order valence-electron chi connectivity index (χ4n) is 1.33. The van der Waals surface area contributed by atoms with Gasteiger partial charge in [-0.2, -0.15) is 0 Å². The van der Waals surface area contributed by atoms with Crippen molar-refractivity contribution < 1.29 is 9.53 Å². The van der Waals surface area contributed by atoms with Crippen LogP contribution in [-0.4, -0.2) is 52.3 Å². The maximum absolute atomic E-state index is 11.6. The topological polar surface area (TPSA) is 71.1 Å². The van der Waals surface area contributed by atoms with Crippen LogP contribution in [0.1, 0.15) is 16.4 Å². The van der Waals surface area contributed by atoms with Crippen molar-refractivity contribution in [1.29, 1.82) is 0 Å². The number of rotatable bonds is 2. The number of aromatic amines is 1. The average molecular weight is 196 g/mol. The molecule has 1 aliphatic heterocycles. The summed E-state index contributed by atoms with van der Waals surface area (Å²) in [6.45, 7) is 3.02. The van der Waals surface area contributed by atoms with E-state index in [0.717, 1.165) is 0 Å². The quantitative estimate of drug-likeness (QED) is 0.697. The van der Waals surface area contributed by atoms with Crippen LogP contribution in [0.2, 0.25) is 0 Å². The molecule has 1 N–H and O–H groups in total. The number of aryl methyl sites for hydroxylation is 1. The molecule has 0 unspecified atom stereocenters. The van der Waals surface area contributed by atoms with Crippen molar-refractivity contribution in [1.82, 2.24) is 20.1 Å². The molecule has 76 valence electrons. The van der Waals surface area contributed by atoms with Gasteiger partial charge in [0.25, 0.3) is 5.91 Å². The van der Waals surface area contributed by atoms with Gasteiger partial charge in [-0.25, -0.2) is 4.98 Å². The number of aromatic nitrogens is 3. The van der Waals surface area contributed by atoms with Crippen molar-refractivity contribution in [2.24, 2.45) is 0 Å². The van der Waals surface area contributed by atoms with E-state index in [1.165, 1.54) is 0 Å². The minimum Gasteiger partial charge on any atom is -0.378 e. The third kappa shape index (κ3) is 1.48. The third-order valence-corrected chi connectivity index (χ3v) is 2.26. The van der Waals surface area contributed by atoms with Gasteiger partial charge in [0.1, 0.15) is 5.82 Å². The smallest absolute Gasteiger partial charge is 0.293 e. The second-order valence-corrected chi connectivity index (χ2v) is 3.31. The zero-order valence-electron chi connectivity index (χ0n) is 8.15. The SMILES string of the molecule is COC1CN(C(=O)c2n[nH]c(C)n2)C1. The van der Waals surface area contributed by atoms with Crippen LogP contribution < -0.4 is 0 Å². The summed E-state index contributed by atoms with van der Waals surface area (Å²) in [6, 6.07) is 0. The molecule has 1 fully saturated rings. The number of hydrogen-bond acceptors (Lipinski definition) is 4. The van der Waals surface area contributed by atoms with Gasteiger partial charge in [-0.05, 0) is 6.92 Å². The van der Waals surface area contributed by atoms with Gasteiger partial charge < -0.3 is 9.64 Å². The molecular formula is C8H12N4O2. The molecule has 6 nitrogen and oxygen atoms in total. The number of carbonyl (C=O) groups is 1. The van der Waals surface area contributed by atoms with E-state index in [1.807, 2.05) is 0 Å². The number of nitrogens with one attached hydrogen (secondary N) is 1. The molecule has 1 aliphatic rings. The lowest BCUT2D eigenvalue weighted by molar-refractivity contribution is -0.0197. The van der Waals surface area contributed by atoms with Gasteiger partial charge >= 0.3 is 0 Å². The van der Waals surface area contributed by atoms with Crippen LogP contribution in [0.15, 0.2) is 0 Å². The van der Waals surface area contributed by atoms with E-state index >= 15 is 0 Å². The Morgan fingerprint density at radius 3 is 2.86 bits per heavy atom. The van der Waals surface area contributed by atoms with Gasteiger partial charge in [-0.1, -0.05) is 0 Å². The van der Waals surface area contributed by atoms with Crippen molar-refractivity contribution in [3.05, 3.63) is 11.6 Å². The van der Waals surface area contributed by atoms with Crippen molar-refractivity contribution in [2.75, 3.05) is 20.2 Å². The van der Waals surface area contributed by atoms with Gasteiger partial charge in [0.15, 0.2) is 0 Å². The molecule has 1 aromatic heterocycles. The zero-order valence-corrected chi connectivity index (χ0v) is 8.15. The fraction of sp³-hybridized carbons (Fsp3) is 0.625. The zero-order chi connectivity index (χ0) is 10.1. The van der Waals surface area contributed by atoms with Crippen molar-refractivity contribution in [3.63, 3.8) is 0 Å². The van der Waals surface area contributed by atoms with E-state index in [1.54, 1.807) is 18.9 Å². The normalized spacial score (nSPS) is 16.9. The molecule has 0 atom stereocenters. The van der Waals surface area contributed by atoms with Gasteiger partial charge in [0, 0.05) is 20.2 Å². The Morgan fingerprint density at radius 2 is 2.36 bits per heavy atom. The molecule has 0 aliphatic carbocycles. The first-order valence-corrected chi connectivity index (χ1v) is 4.42. The van der Waals surface area contributed by atoms with E-state index in [-0.39, 0.29) is 17.8 Å². The molecule has 0 spiro atoms. The van der Waals surface area contributed by atoms with Crippen LogP contribution in [0.5, 0.6) is 0 Å². The molecular weight excluding hydrogens is 184 g/mol. The Balaban J connectivity index is 1.97. The van der Waals surface area contributed by atoms with Gasteiger partial charge in [0.05, 0.1) is 6.10 Å². The number of carbonyl (C=O) groups excluding carboxylic acids is 1. The van der Waals surface area contributed by atoms with Crippen LogP contribution in [0.4, 0.5) is 0 Å². The lowest BCUT2D eigenvalue weighted by Crippen LogP contribution is -2.54. The summed E-state index contributed by atoms with van der Waals surface area (Å²) >= 11 is 0. The molecule has 1 amide bonds. The number of H-pyrrole nitrogens is 1. The first-order chi connectivity index (χ1) is 6.70. The fourth-order valence-corrected chi connectivity index (χ4v) is 1.33. The monoisotopic (exact) mass is 196 g/mol.